The Morgan fingerprint density at radius 2 is 1.65 bits per heavy atom. The van der Waals surface area contributed by atoms with Gasteiger partial charge in [-0.2, -0.15) is 0 Å². The molecule has 0 atom stereocenters. The van der Waals surface area contributed by atoms with Crippen LogP contribution in [-0.2, 0) is 10.0 Å². The maximum Gasteiger partial charge on any atom is 0.289 e. The van der Waals surface area contributed by atoms with Crippen molar-refractivity contribution >= 4 is 44.0 Å². The van der Waals surface area contributed by atoms with Gasteiger partial charge >= 0.3 is 0 Å². The summed E-state index contributed by atoms with van der Waals surface area (Å²) in [7, 11) is -4.01. The fraction of sp³-hybridized carbons (Fsp3) is 0. The number of nitrogens with one attached hydrogen (secondary N) is 1. The number of nitro groups is 1. The van der Waals surface area contributed by atoms with Crippen LogP contribution in [-0.4, -0.2) is 13.3 Å². The second kappa shape index (κ2) is 5.75. The van der Waals surface area contributed by atoms with E-state index in [1.807, 2.05) is 22.6 Å². The Bertz CT molecular complexity index is 762. The van der Waals surface area contributed by atoms with Crippen molar-refractivity contribution in [3.63, 3.8) is 0 Å². The molecule has 0 saturated heterocycles. The van der Waals surface area contributed by atoms with Crippen molar-refractivity contribution in [2.45, 2.75) is 4.90 Å². The molecule has 2 aromatic carbocycles. The molecule has 0 spiro atoms. The molecule has 0 saturated carbocycles. The minimum absolute atomic E-state index is 0.357. The number of benzene rings is 2. The Morgan fingerprint density at radius 1 is 1.05 bits per heavy atom. The van der Waals surface area contributed by atoms with E-state index in [2.05, 4.69) is 4.72 Å². The summed E-state index contributed by atoms with van der Waals surface area (Å²) in [5.74, 6) is 0. The molecular formula is C12H9IN2O4S. The summed E-state index contributed by atoms with van der Waals surface area (Å²) in [5.41, 5.74) is -0.0720. The third kappa shape index (κ3) is 3.07. The summed E-state index contributed by atoms with van der Waals surface area (Å²) in [6.07, 6.45) is 0. The Hall–Kier alpha value is -1.68. The van der Waals surface area contributed by atoms with Gasteiger partial charge in [0.05, 0.1) is 10.6 Å². The van der Waals surface area contributed by atoms with Crippen LogP contribution >= 0.6 is 22.6 Å². The number of nitrogens with zero attached hydrogens (tertiary/aromatic N) is 1. The normalized spacial score (nSPS) is 11.1. The van der Waals surface area contributed by atoms with Crippen LogP contribution in [0, 0.1) is 13.7 Å². The van der Waals surface area contributed by atoms with E-state index in [1.165, 1.54) is 18.2 Å². The zero-order valence-corrected chi connectivity index (χ0v) is 13.0. The first-order chi connectivity index (χ1) is 9.42. The number of para-hydroxylation sites is 2. The van der Waals surface area contributed by atoms with Crippen LogP contribution in [0.4, 0.5) is 11.4 Å². The Kier molecular flexibility index (Phi) is 4.23. The van der Waals surface area contributed by atoms with Gasteiger partial charge in [0.15, 0.2) is 4.90 Å². The molecule has 0 radical (unpaired) electrons. The standard InChI is InChI=1S/C12H9IN2O4S/c13-9-5-1-2-6-10(9)14-20(18,19)12-8-4-3-7-11(12)15(16)17/h1-8,14H. The van der Waals surface area contributed by atoms with Crippen LogP contribution in [0.15, 0.2) is 53.4 Å². The summed E-state index contributed by atoms with van der Waals surface area (Å²) in [5, 5.41) is 10.9. The monoisotopic (exact) mass is 404 g/mol. The SMILES string of the molecule is O=[N+]([O-])c1ccccc1S(=O)(=O)Nc1ccccc1I. The van der Waals surface area contributed by atoms with Crippen LogP contribution in [0.3, 0.4) is 0 Å². The van der Waals surface area contributed by atoms with Gasteiger partial charge in [-0.15, -0.1) is 0 Å². The summed E-state index contributed by atoms with van der Waals surface area (Å²) < 4.78 is 27.6. The second-order valence-corrected chi connectivity index (χ2v) is 6.62. The fourth-order valence-corrected chi connectivity index (χ4v) is 3.54. The first-order valence-electron chi connectivity index (χ1n) is 5.42. The Morgan fingerprint density at radius 3 is 2.30 bits per heavy atom. The van der Waals surface area contributed by atoms with Crippen molar-refractivity contribution in [3.05, 3.63) is 62.2 Å². The van der Waals surface area contributed by atoms with Gasteiger partial charge < -0.3 is 0 Å². The van der Waals surface area contributed by atoms with Gasteiger partial charge in [0.2, 0.25) is 0 Å². The highest BCUT2D eigenvalue weighted by Gasteiger charge is 2.25. The fourth-order valence-electron chi connectivity index (χ4n) is 1.58. The largest absolute Gasteiger partial charge is 0.289 e. The average molecular weight is 404 g/mol. The summed E-state index contributed by atoms with van der Waals surface area (Å²) in [6.45, 7) is 0. The number of rotatable bonds is 4. The summed E-state index contributed by atoms with van der Waals surface area (Å²) in [4.78, 5) is 9.83. The highest BCUT2D eigenvalue weighted by Crippen LogP contribution is 2.26. The molecule has 0 aliphatic carbocycles. The number of anilines is 1. The van der Waals surface area contributed by atoms with Crippen LogP contribution in [0.25, 0.3) is 0 Å². The third-order valence-electron chi connectivity index (χ3n) is 2.47. The van der Waals surface area contributed by atoms with Gasteiger partial charge in [0, 0.05) is 9.64 Å². The molecule has 0 aromatic heterocycles. The van der Waals surface area contributed by atoms with E-state index in [0.717, 1.165) is 6.07 Å². The van der Waals surface area contributed by atoms with Crippen LogP contribution in [0.1, 0.15) is 0 Å². The predicted molar refractivity (Wildman–Crippen MR) is 83.1 cm³/mol. The summed E-state index contributed by atoms with van der Waals surface area (Å²) in [6, 6.07) is 12.0. The molecule has 0 fully saturated rings. The van der Waals surface area contributed by atoms with E-state index in [4.69, 9.17) is 0 Å². The lowest BCUT2D eigenvalue weighted by Gasteiger charge is -2.09. The number of nitro benzene ring substituents is 1. The minimum atomic E-state index is -4.01. The second-order valence-electron chi connectivity index (χ2n) is 3.81. The van der Waals surface area contributed by atoms with Crippen molar-refractivity contribution in [2.24, 2.45) is 0 Å². The van der Waals surface area contributed by atoms with Crippen LogP contribution in [0.5, 0.6) is 0 Å². The maximum atomic E-state index is 12.3. The molecule has 0 amide bonds. The molecule has 0 aliphatic heterocycles. The molecule has 104 valence electrons. The minimum Gasteiger partial charge on any atom is -0.278 e. The third-order valence-corrected chi connectivity index (χ3v) is 4.82. The van der Waals surface area contributed by atoms with Gasteiger partial charge in [0.1, 0.15) is 0 Å². The van der Waals surface area contributed by atoms with Crippen LogP contribution in [0.2, 0.25) is 0 Å². The van der Waals surface area contributed by atoms with E-state index < -0.39 is 20.6 Å². The molecular weight excluding hydrogens is 395 g/mol. The molecule has 0 bridgehead atoms. The zero-order valence-electron chi connectivity index (χ0n) is 9.99. The maximum absolute atomic E-state index is 12.3. The predicted octanol–water partition coefficient (Wildman–Crippen LogP) is 3.00. The van der Waals surface area contributed by atoms with E-state index in [9.17, 15) is 18.5 Å². The number of hydrogen-bond donors (Lipinski definition) is 1. The van der Waals surface area contributed by atoms with E-state index in [1.54, 1.807) is 24.3 Å². The molecule has 1 N–H and O–H groups in total. The van der Waals surface area contributed by atoms with Gasteiger partial charge in [-0.05, 0) is 40.8 Å². The first-order valence-corrected chi connectivity index (χ1v) is 7.99. The summed E-state index contributed by atoms with van der Waals surface area (Å²) >= 11 is 1.98. The molecule has 6 nitrogen and oxygen atoms in total. The quantitative estimate of drug-likeness (QED) is 0.482. The van der Waals surface area contributed by atoms with E-state index >= 15 is 0 Å². The molecule has 2 aromatic rings. The average Bonchev–Trinajstić information content (AvgIpc) is 2.41. The number of halogens is 1. The lowest BCUT2D eigenvalue weighted by atomic mass is 10.3. The number of hydrogen-bond acceptors (Lipinski definition) is 4. The Balaban J connectivity index is 2.47. The lowest BCUT2D eigenvalue weighted by Crippen LogP contribution is -2.15. The van der Waals surface area contributed by atoms with Gasteiger partial charge in [0.25, 0.3) is 15.7 Å². The number of sulfonamides is 1. The molecule has 0 unspecified atom stereocenters. The highest BCUT2D eigenvalue weighted by atomic mass is 127. The lowest BCUT2D eigenvalue weighted by molar-refractivity contribution is -0.387. The van der Waals surface area contributed by atoms with E-state index in [-0.39, 0.29) is 4.90 Å². The van der Waals surface area contributed by atoms with Crippen molar-refractivity contribution < 1.29 is 13.3 Å². The highest BCUT2D eigenvalue weighted by molar-refractivity contribution is 14.1. The van der Waals surface area contributed by atoms with Crippen molar-refractivity contribution in [3.8, 4) is 0 Å². The van der Waals surface area contributed by atoms with E-state index in [0.29, 0.717) is 9.26 Å². The molecule has 0 heterocycles. The van der Waals surface area contributed by atoms with Crippen LogP contribution < -0.4 is 4.72 Å². The molecule has 2 rings (SSSR count). The van der Waals surface area contributed by atoms with Gasteiger partial charge in [-0.25, -0.2) is 8.42 Å². The Labute approximate surface area is 129 Å². The topological polar surface area (TPSA) is 89.3 Å². The van der Waals surface area contributed by atoms with Crippen molar-refractivity contribution in [1.29, 1.82) is 0 Å². The first kappa shape index (κ1) is 14.7. The molecule has 8 heteroatoms. The molecule has 0 aliphatic rings. The van der Waals surface area contributed by atoms with Gasteiger partial charge in [-0.1, -0.05) is 24.3 Å². The smallest absolute Gasteiger partial charge is 0.278 e. The molecule has 20 heavy (non-hydrogen) atoms. The zero-order chi connectivity index (χ0) is 14.8. The van der Waals surface area contributed by atoms with Crippen molar-refractivity contribution in [2.75, 3.05) is 4.72 Å². The van der Waals surface area contributed by atoms with Gasteiger partial charge in [-0.3, -0.25) is 14.8 Å². The van der Waals surface area contributed by atoms with Crippen molar-refractivity contribution in [1.82, 2.24) is 0 Å².